The zero-order valence-electron chi connectivity index (χ0n) is 17.3. The molecular formula is C20H36IN5S. The number of rotatable bonds is 5. The lowest BCUT2D eigenvalue weighted by Gasteiger charge is -2.36. The number of halogens is 1. The van der Waals surface area contributed by atoms with E-state index in [-0.39, 0.29) is 24.0 Å². The molecule has 1 aromatic rings. The molecule has 1 aromatic heterocycles. The molecule has 0 spiro atoms. The third kappa shape index (κ3) is 6.29. The van der Waals surface area contributed by atoms with Crippen molar-refractivity contribution in [3.63, 3.8) is 0 Å². The van der Waals surface area contributed by atoms with Gasteiger partial charge in [0.15, 0.2) is 5.96 Å². The molecule has 0 aromatic carbocycles. The van der Waals surface area contributed by atoms with Crippen molar-refractivity contribution in [2.24, 2.45) is 4.99 Å². The molecule has 7 heteroatoms. The van der Waals surface area contributed by atoms with E-state index in [1.165, 1.54) is 62.2 Å². The fourth-order valence-corrected chi connectivity index (χ4v) is 5.33. The first kappa shape index (κ1) is 22.9. The van der Waals surface area contributed by atoms with Crippen LogP contribution >= 0.6 is 35.3 Å². The molecular weight excluding hydrogens is 469 g/mol. The molecule has 3 rings (SSSR count). The van der Waals surface area contributed by atoms with Gasteiger partial charge in [-0.25, -0.2) is 4.98 Å². The standard InChI is InChI=1S/C20H35N5S.HI/c1-14(2)19-15(3)26-18(24-19)13-22-20(21-4)23-16-9-11-25(12-10-16)17-7-5-6-8-17;/h14,16-17H,5-13H2,1-4H3,(H2,21,22,23);1H. The molecule has 0 atom stereocenters. The Hall–Kier alpha value is -0.410. The third-order valence-electron chi connectivity index (χ3n) is 5.77. The number of thiazole rings is 1. The molecule has 2 N–H and O–H groups in total. The van der Waals surface area contributed by atoms with Gasteiger partial charge in [-0.2, -0.15) is 0 Å². The Morgan fingerprint density at radius 3 is 2.44 bits per heavy atom. The van der Waals surface area contributed by atoms with Crippen LogP contribution in [0.1, 0.15) is 73.9 Å². The molecule has 154 valence electrons. The second-order valence-electron chi connectivity index (χ2n) is 8.02. The first-order chi connectivity index (χ1) is 12.6. The van der Waals surface area contributed by atoms with Gasteiger partial charge in [-0.1, -0.05) is 26.7 Å². The van der Waals surface area contributed by atoms with Gasteiger partial charge in [0.2, 0.25) is 0 Å². The quantitative estimate of drug-likeness (QED) is 0.357. The van der Waals surface area contributed by atoms with Crippen LogP contribution in [0.3, 0.4) is 0 Å². The van der Waals surface area contributed by atoms with Crippen molar-refractivity contribution in [2.45, 2.75) is 83.8 Å². The second-order valence-corrected chi connectivity index (χ2v) is 9.31. The molecule has 2 aliphatic rings. The Labute approximate surface area is 185 Å². The van der Waals surface area contributed by atoms with Crippen LogP contribution in [0, 0.1) is 6.92 Å². The van der Waals surface area contributed by atoms with Gasteiger partial charge in [-0.15, -0.1) is 35.3 Å². The number of guanidine groups is 1. The van der Waals surface area contributed by atoms with Crippen LogP contribution in [0.15, 0.2) is 4.99 Å². The van der Waals surface area contributed by atoms with Gasteiger partial charge >= 0.3 is 0 Å². The Kier molecular flexibility index (Phi) is 9.28. The Bertz CT molecular complexity index is 602. The summed E-state index contributed by atoms with van der Waals surface area (Å²) in [6, 6.07) is 1.39. The smallest absolute Gasteiger partial charge is 0.191 e. The Morgan fingerprint density at radius 2 is 1.89 bits per heavy atom. The van der Waals surface area contributed by atoms with E-state index in [0.717, 1.165) is 23.6 Å². The summed E-state index contributed by atoms with van der Waals surface area (Å²) in [5, 5.41) is 8.22. The van der Waals surface area contributed by atoms with Gasteiger partial charge in [-0.05, 0) is 38.5 Å². The molecule has 1 saturated heterocycles. The van der Waals surface area contributed by atoms with Gasteiger partial charge < -0.3 is 15.5 Å². The van der Waals surface area contributed by atoms with Crippen molar-refractivity contribution >= 4 is 41.3 Å². The topological polar surface area (TPSA) is 52.6 Å². The number of hydrogen-bond acceptors (Lipinski definition) is 4. The van der Waals surface area contributed by atoms with E-state index in [1.807, 2.05) is 7.05 Å². The maximum absolute atomic E-state index is 4.78. The van der Waals surface area contributed by atoms with Gasteiger partial charge in [0.1, 0.15) is 5.01 Å². The molecule has 0 unspecified atom stereocenters. The van der Waals surface area contributed by atoms with Crippen LogP contribution in [0.5, 0.6) is 0 Å². The number of aryl methyl sites for hydroxylation is 1. The molecule has 0 amide bonds. The van der Waals surface area contributed by atoms with E-state index in [9.17, 15) is 0 Å². The summed E-state index contributed by atoms with van der Waals surface area (Å²) in [6.07, 6.45) is 8.10. The first-order valence-electron chi connectivity index (χ1n) is 10.2. The zero-order valence-corrected chi connectivity index (χ0v) is 20.4. The minimum Gasteiger partial charge on any atom is -0.354 e. The van der Waals surface area contributed by atoms with Gasteiger partial charge in [0, 0.05) is 37.1 Å². The zero-order chi connectivity index (χ0) is 18.5. The molecule has 1 aliphatic carbocycles. The fourth-order valence-electron chi connectivity index (χ4n) is 4.30. The van der Waals surface area contributed by atoms with Crippen LogP contribution in [-0.4, -0.2) is 48.1 Å². The SMILES string of the molecule is CN=C(NCc1nc(C(C)C)c(C)s1)NC1CCN(C2CCCC2)CC1.I. The highest BCUT2D eigenvalue weighted by atomic mass is 127. The molecule has 1 aliphatic heterocycles. The average molecular weight is 506 g/mol. The maximum Gasteiger partial charge on any atom is 0.191 e. The predicted molar refractivity (Wildman–Crippen MR) is 127 cm³/mol. The molecule has 2 heterocycles. The van der Waals surface area contributed by atoms with Crippen LogP contribution in [-0.2, 0) is 6.54 Å². The summed E-state index contributed by atoms with van der Waals surface area (Å²) < 4.78 is 0. The highest BCUT2D eigenvalue weighted by molar-refractivity contribution is 14.0. The van der Waals surface area contributed by atoms with Crippen molar-refractivity contribution in [1.82, 2.24) is 20.5 Å². The number of nitrogens with zero attached hydrogens (tertiary/aromatic N) is 3. The third-order valence-corrected chi connectivity index (χ3v) is 6.75. The van der Waals surface area contributed by atoms with Crippen molar-refractivity contribution < 1.29 is 0 Å². The number of aliphatic imine (C=N–C) groups is 1. The normalized spacial score (nSPS) is 20.1. The van der Waals surface area contributed by atoms with Crippen molar-refractivity contribution in [1.29, 1.82) is 0 Å². The number of piperidine rings is 1. The summed E-state index contributed by atoms with van der Waals surface area (Å²) >= 11 is 1.79. The molecule has 0 radical (unpaired) electrons. The van der Waals surface area contributed by atoms with Crippen LogP contribution in [0.2, 0.25) is 0 Å². The fraction of sp³-hybridized carbons (Fsp3) is 0.800. The number of likely N-dealkylation sites (tertiary alicyclic amines) is 1. The van der Waals surface area contributed by atoms with E-state index in [2.05, 4.69) is 41.3 Å². The van der Waals surface area contributed by atoms with Gasteiger partial charge in [-0.3, -0.25) is 4.99 Å². The van der Waals surface area contributed by atoms with Crippen LogP contribution in [0.25, 0.3) is 0 Å². The maximum atomic E-state index is 4.78. The molecule has 1 saturated carbocycles. The van der Waals surface area contributed by atoms with Gasteiger partial charge in [0.25, 0.3) is 0 Å². The summed E-state index contributed by atoms with van der Waals surface area (Å²) in [7, 11) is 1.86. The minimum atomic E-state index is 0. The van der Waals surface area contributed by atoms with E-state index >= 15 is 0 Å². The molecule has 5 nitrogen and oxygen atoms in total. The second kappa shape index (κ2) is 11.0. The highest BCUT2D eigenvalue weighted by Crippen LogP contribution is 2.26. The molecule has 2 fully saturated rings. The summed E-state index contributed by atoms with van der Waals surface area (Å²) in [4.78, 5) is 13.2. The van der Waals surface area contributed by atoms with E-state index in [0.29, 0.717) is 12.0 Å². The van der Waals surface area contributed by atoms with Crippen molar-refractivity contribution in [3.05, 3.63) is 15.6 Å². The number of nitrogens with one attached hydrogen (secondary N) is 2. The van der Waals surface area contributed by atoms with Crippen LogP contribution < -0.4 is 10.6 Å². The lowest BCUT2D eigenvalue weighted by atomic mass is 10.0. The molecule has 0 bridgehead atoms. The van der Waals surface area contributed by atoms with Gasteiger partial charge in [0.05, 0.1) is 12.2 Å². The minimum absolute atomic E-state index is 0. The summed E-state index contributed by atoms with van der Waals surface area (Å²) in [5.41, 5.74) is 1.23. The largest absolute Gasteiger partial charge is 0.354 e. The van der Waals surface area contributed by atoms with Crippen LogP contribution in [0.4, 0.5) is 0 Å². The van der Waals surface area contributed by atoms with Crippen molar-refractivity contribution in [3.8, 4) is 0 Å². The summed E-state index contributed by atoms with van der Waals surface area (Å²) in [6.45, 7) is 9.78. The highest BCUT2D eigenvalue weighted by Gasteiger charge is 2.27. The predicted octanol–water partition coefficient (Wildman–Crippen LogP) is 4.26. The van der Waals surface area contributed by atoms with E-state index in [1.54, 1.807) is 11.3 Å². The average Bonchev–Trinajstić information content (AvgIpc) is 3.29. The Balaban J connectivity index is 0.00000261. The lowest BCUT2D eigenvalue weighted by molar-refractivity contribution is 0.150. The van der Waals surface area contributed by atoms with Crippen molar-refractivity contribution in [2.75, 3.05) is 20.1 Å². The number of aromatic nitrogens is 1. The monoisotopic (exact) mass is 505 g/mol. The number of hydrogen-bond donors (Lipinski definition) is 2. The first-order valence-corrected chi connectivity index (χ1v) is 11.1. The van der Waals surface area contributed by atoms with E-state index < -0.39 is 0 Å². The van der Waals surface area contributed by atoms with E-state index in [4.69, 9.17) is 4.98 Å². The molecule has 27 heavy (non-hydrogen) atoms. The Morgan fingerprint density at radius 1 is 1.22 bits per heavy atom. The lowest BCUT2D eigenvalue weighted by Crippen LogP contribution is -2.50. The summed E-state index contributed by atoms with van der Waals surface area (Å²) in [5.74, 6) is 1.39.